The van der Waals surface area contributed by atoms with E-state index in [1.165, 1.54) is 0 Å². The number of aromatic nitrogens is 1. The van der Waals surface area contributed by atoms with Gasteiger partial charge in [0.2, 0.25) is 0 Å². The second-order valence-corrected chi connectivity index (χ2v) is 4.05. The number of rotatable bonds is 3. The maximum Gasteiger partial charge on any atom is 0.141 e. The number of terminal acetylenes is 1. The van der Waals surface area contributed by atoms with Gasteiger partial charge in [-0.3, -0.25) is 0 Å². The summed E-state index contributed by atoms with van der Waals surface area (Å²) in [7, 11) is 0. The van der Waals surface area contributed by atoms with Crippen molar-refractivity contribution in [3.63, 3.8) is 0 Å². The summed E-state index contributed by atoms with van der Waals surface area (Å²) in [6, 6.07) is 1.78. The SMILES string of the molecule is C#CC(CC)Nc1ncc(Cl)cc1Br. The van der Waals surface area contributed by atoms with E-state index in [9.17, 15) is 0 Å². The van der Waals surface area contributed by atoms with Crippen LogP contribution in [0, 0.1) is 12.3 Å². The van der Waals surface area contributed by atoms with Crippen LogP contribution in [0.25, 0.3) is 0 Å². The zero-order valence-corrected chi connectivity index (χ0v) is 10.1. The van der Waals surface area contributed by atoms with Crippen molar-refractivity contribution in [3.8, 4) is 12.3 Å². The Bertz CT molecular complexity index is 360. The van der Waals surface area contributed by atoms with Gasteiger partial charge in [0.25, 0.3) is 0 Å². The molecule has 1 heterocycles. The predicted molar refractivity (Wildman–Crippen MR) is 63.5 cm³/mol. The minimum Gasteiger partial charge on any atom is -0.356 e. The Labute approximate surface area is 97.2 Å². The lowest BCUT2D eigenvalue weighted by molar-refractivity contribution is 0.850. The Hall–Kier alpha value is -0.720. The van der Waals surface area contributed by atoms with E-state index in [1.807, 2.05) is 6.92 Å². The van der Waals surface area contributed by atoms with E-state index in [1.54, 1.807) is 12.3 Å². The van der Waals surface area contributed by atoms with Crippen molar-refractivity contribution < 1.29 is 0 Å². The van der Waals surface area contributed by atoms with Crippen LogP contribution in [0.3, 0.4) is 0 Å². The van der Waals surface area contributed by atoms with Crippen LogP contribution in [-0.2, 0) is 0 Å². The summed E-state index contributed by atoms with van der Waals surface area (Å²) in [5, 5.41) is 3.71. The highest BCUT2D eigenvalue weighted by atomic mass is 79.9. The fraction of sp³-hybridized carbons (Fsp3) is 0.300. The molecule has 1 N–H and O–H groups in total. The largest absolute Gasteiger partial charge is 0.356 e. The summed E-state index contributed by atoms with van der Waals surface area (Å²) in [5.74, 6) is 3.36. The summed E-state index contributed by atoms with van der Waals surface area (Å²) in [4.78, 5) is 4.13. The first-order valence-electron chi connectivity index (χ1n) is 4.21. The zero-order valence-electron chi connectivity index (χ0n) is 7.72. The van der Waals surface area contributed by atoms with Crippen LogP contribution in [0.2, 0.25) is 5.02 Å². The second-order valence-electron chi connectivity index (χ2n) is 2.76. The van der Waals surface area contributed by atoms with E-state index in [4.69, 9.17) is 18.0 Å². The second kappa shape index (κ2) is 5.23. The summed E-state index contributed by atoms with van der Waals surface area (Å²) < 4.78 is 0.818. The smallest absolute Gasteiger partial charge is 0.141 e. The average Bonchev–Trinajstić information content (AvgIpc) is 2.17. The van der Waals surface area contributed by atoms with Crippen molar-refractivity contribution in [2.45, 2.75) is 19.4 Å². The fourth-order valence-corrected chi connectivity index (χ4v) is 1.70. The fourth-order valence-electron chi connectivity index (χ4n) is 0.947. The Kier molecular flexibility index (Phi) is 4.24. The van der Waals surface area contributed by atoms with Gasteiger partial charge in [-0.25, -0.2) is 4.98 Å². The van der Waals surface area contributed by atoms with Gasteiger partial charge < -0.3 is 5.32 Å². The molecule has 74 valence electrons. The molecule has 1 rings (SSSR count). The molecule has 0 aliphatic carbocycles. The molecule has 0 spiro atoms. The van der Waals surface area contributed by atoms with E-state index in [-0.39, 0.29) is 6.04 Å². The van der Waals surface area contributed by atoms with Crippen LogP contribution in [0.15, 0.2) is 16.7 Å². The maximum absolute atomic E-state index is 5.76. The molecule has 1 unspecified atom stereocenters. The summed E-state index contributed by atoms with van der Waals surface area (Å²) in [5.41, 5.74) is 0. The average molecular weight is 274 g/mol. The molecule has 0 aliphatic heterocycles. The maximum atomic E-state index is 5.76. The van der Waals surface area contributed by atoms with Crippen LogP contribution in [0.4, 0.5) is 5.82 Å². The van der Waals surface area contributed by atoms with Crippen molar-refractivity contribution in [2.24, 2.45) is 0 Å². The van der Waals surface area contributed by atoms with Crippen LogP contribution >= 0.6 is 27.5 Å². The molecule has 0 aliphatic rings. The summed E-state index contributed by atoms with van der Waals surface area (Å²) in [6.45, 7) is 2.02. The van der Waals surface area contributed by atoms with Crippen LogP contribution in [0.5, 0.6) is 0 Å². The van der Waals surface area contributed by atoms with Crippen molar-refractivity contribution in [1.82, 2.24) is 4.98 Å². The van der Waals surface area contributed by atoms with E-state index < -0.39 is 0 Å². The number of nitrogens with zero attached hydrogens (tertiary/aromatic N) is 1. The lowest BCUT2D eigenvalue weighted by Crippen LogP contribution is -2.16. The molecule has 1 aromatic heterocycles. The standard InChI is InChI=1S/C10H10BrClN2/c1-3-8(4-2)14-10-9(11)5-7(12)6-13-10/h1,5-6,8H,4H2,2H3,(H,13,14). The summed E-state index contributed by atoms with van der Waals surface area (Å²) >= 11 is 9.12. The Balaban J connectivity index is 2.82. The highest BCUT2D eigenvalue weighted by molar-refractivity contribution is 9.10. The molecule has 0 saturated carbocycles. The molecule has 0 aromatic carbocycles. The Morgan fingerprint density at radius 2 is 2.50 bits per heavy atom. The molecule has 4 heteroatoms. The van der Waals surface area contributed by atoms with Gasteiger partial charge in [0.05, 0.1) is 15.5 Å². The molecular weight excluding hydrogens is 263 g/mol. The third-order valence-electron chi connectivity index (χ3n) is 1.73. The highest BCUT2D eigenvalue weighted by Crippen LogP contribution is 2.23. The number of nitrogens with one attached hydrogen (secondary N) is 1. The minimum atomic E-state index is -0.0000227. The quantitative estimate of drug-likeness (QED) is 0.855. The van der Waals surface area contributed by atoms with Crippen molar-refractivity contribution >= 4 is 33.3 Å². The van der Waals surface area contributed by atoms with Crippen molar-refractivity contribution in [1.29, 1.82) is 0 Å². The lowest BCUT2D eigenvalue weighted by Gasteiger charge is -2.12. The molecule has 0 saturated heterocycles. The van der Waals surface area contributed by atoms with Gasteiger partial charge in [0, 0.05) is 6.20 Å². The minimum absolute atomic E-state index is 0.0000227. The first kappa shape index (κ1) is 11.4. The molecule has 0 fully saturated rings. The number of anilines is 1. The third kappa shape index (κ3) is 2.90. The third-order valence-corrected chi connectivity index (χ3v) is 2.54. The van der Waals surface area contributed by atoms with Gasteiger partial charge in [0.1, 0.15) is 5.82 Å². The van der Waals surface area contributed by atoms with Gasteiger partial charge in [-0.15, -0.1) is 6.42 Å². The van der Waals surface area contributed by atoms with Crippen LogP contribution in [-0.4, -0.2) is 11.0 Å². The number of hydrogen-bond acceptors (Lipinski definition) is 2. The number of halogens is 2. The van der Waals surface area contributed by atoms with E-state index >= 15 is 0 Å². The van der Waals surface area contributed by atoms with Crippen LogP contribution < -0.4 is 5.32 Å². The molecule has 1 atom stereocenters. The highest BCUT2D eigenvalue weighted by Gasteiger charge is 2.06. The molecule has 0 bridgehead atoms. The van der Waals surface area contributed by atoms with E-state index in [0.717, 1.165) is 16.7 Å². The van der Waals surface area contributed by atoms with Crippen LogP contribution in [0.1, 0.15) is 13.3 Å². The molecule has 0 radical (unpaired) electrons. The van der Waals surface area contributed by atoms with Gasteiger partial charge in [0.15, 0.2) is 0 Å². The predicted octanol–water partition coefficient (Wildman–Crippen LogP) is 3.32. The number of pyridine rings is 1. The number of hydrogen-bond donors (Lipinski definition) is 1. The Morgan fingerprint density at radius 1 is 1.79 bits per heavy atom. The Morgan fingerprint density at radius 3 is 3.00 bits per heavy atom. The van der Waals surface area contributed by atoms with E-state index in [0.29, 0.717) is 5.02 Å². The molecule has 14 heavy (non-hydrogen) atoms. The molecular formula is C10H10BrClN2. The summed E-state index contributed by atoms with van der Waals surface area (Å²) in [6.07, 6.45) is 7.77. The monoisotopic (exact) mass is 272 g/mol. The van der Waals surface area contributed by atoms with E-state index in [2.05, 4.69) is 32.2 Å². The van der Waals surface area contributed by atoms with Gasteiger partial charge >= 0.3 is 0 Å². The normalized spacial score (nSPS) is 11.9. The van der Waals surface area contributed by atoms with Gasteiger partial charge in [-0.05, 0) is 28.4 Å². The van der Waals surface area contributed by atoms with Gasteiger partial charge in [-0.1, -0.05) is 24.4 Å². The molecule has 2 nitrogen and oxygen atoms in total. The first-order valence-corrected chi connectivity index (χ1v) is 5.38. The topological polar surface area (TPSA) is 24.9 Å². The molecule has 1 aromatic rings. The van der Waals surface area contributed by atoms with Crippen molar-refractivity contribution in [2.75, 3.05) is 5.32 Å². The molecule has 0 amide bonds. The lowest BCUT2D eigenvalue weighted by atomic mass is 10.2. The zero-order chi connectivity index (χ0) is 10.6. The first-order chi connectivity index (χ1) is 6.67. The van der Waals surface area contributed by atoms with Gasteiger partial charge in [-0.2, -0.15) is 0 Å². The van der Waals surface area contributed by atoms with Crippen molar-refractivity contribution in [3.05, 3.63) is 21.8 Å².